The van der Waals surface area contributed by atoms with Gasteiger partial charge in [0.2, 0.25) is 0 Å². The van der Waals surface area contributed by atoms with Gasteiger partial charge in [0.15, 0.2) is 5.66 Å². The summed E-state index contributed by atoms with van der Waals surface area (Å²) in [4.78, 5) is 2.43. The average Bonchev–Trinajstić information content (AvgIpc) is 2.17. The fourth-order valence-electron chi connectivity index (χ4n) is 2.84. The molecule has 0 amide bonds. The Morgan fingerprint density at radius 2 is 1.75 bits per heavy atom. The van der Waals surface area contributed by atoms with Gasteiger partial charge in [-0.1, -0.05) is 6.42 Å². The van der Waals surface area contributed by atoms with E-state index in [1.54, 1.807) is 7.11 Å². The predicted molar refractivity (Wildman–Crippen MR) is 68.6 cm³/mol. The molecule has 16 heavy (non-hydrogen) atoms. The molecule has 0 saturated heterocycles. The van der Waals surface area contributed by atoms with E-state index in [1.807, 2.05) is 0 Å². The highest BCUT2D eigenvalue weighted by atomic mass is 16.5. The first-order valence-corrected chi connectivity index (χ1v) is 6.46. The van der Waals surface area contributed by atoms with Crippen LogP contribution in [-0.4, -0.2) is 31.5 Å². The summed E-state index contributed by atoms with van der Waals surface area (Å²) in [7, 11) is 1.75. The Kier molecular flexibility index (Phi) is 4.77. The summed E-state index contributed by atoms with van der Waals surface area (Å²) in [5.41, 5.74) is 6.60. The van der Waals surface area contributed by atoms with Crippen LogP contribution in [0, 0.1) is 0 Å². The van der Waals surface area contributed by atoms with Crippen LogP contribution in [-0.2, 0) is 4.74 Å². The molecular weight excluding hydrogens is 200 g/mol. The SMILES string of the molecule is COCC[N+](C(C)(C)C)C1(N)CCCCC1. The van der Waals surface area contributed by atoms with Crippen LogP contribution < -0.4 is 10.6 Å². The van der Waals surface area contributed by atoms with Crippen molar-refractivity contribution in [1.29, 1.82) is 0 Å². The van der Waals surface area contributed by atoms with E-state index < -0.39 is 0 Å². The summed E-state index contributed by atoms with van der Waals surface area (Å²) in [5, 5.41) is 0. The zero-order valence-electron chi connectivity index (χ0n) is 11.4. The molecule has 0 unspecified atom stereocenters. The van der Waals surface area contributed by atoms with E-state index >= 15 is 0 Å². The first-order valence-electron chi connectivity index (χ1n) is 6.46. The molecule has 0 spiro atoms. The third kappa shape index (κ3) is 3.44. The second-order valence-electron chi connectivity index (χ2n) is 5.98. The molecule has 0 aromatic rings. The third-order valence-corrected chi connectivity index (χ3v) is 3.59. The van der Waals surface area contributed by atoms with E-state index in [9.17, 15) is 0 Å². The van der Waals surface area contributed by atoms with Crippen molar-refractivity contribution in [3.63, 3.8) is 0 Å². The molecule has 95 valence electrons. The fourth-order valence-corrected chi connectivity index (χ4v) is 2.84. The Morgan fingerprint density at radius 3 is 2.19 bits per heavy atom. The summed E-state index contributed by atoms with van der Waals surface area (Å²) in [6, 6.07) is 0. The summed E-state index contributed by atoms with van der Waals surface area (Å²) in [6.45, 7) is 8.41. The molecular formula is C13H28N2O+. The molecule has 0 atom stereocenters. The van der Waals surface area contributed by atoms with Gasteiger partial charge in [0.05, 0.1) is 0 Å². The van der Waals surface area contributed by atoms with Crippen LogP contribution in [0.4, 0.5) is 0 Å². The van der Waals surface area contributed by atoms with Gasteiger partial charge in [-0.05, 0) is 33.6 Å². The van der Waals surface area contributed by atoms with Crippen molar-refractivity contribution < 1.29 is 4.74 Å². The van der Waals surface area contributed by atoms with Crippen molar-refractivity contribution in [1.82, 2.24) is 4.90 Å². The fraction of sp³-hybridized carbons (Fsp3) is 1.00. The van der Waals surface area contributed by atoms with E-state index in [2.05, 4.69) is 25.7 Å². The summed E-state index contributed by atoms with van der Waals surface area (Å²) >= 11 is 0. The first kappa shape index (κ1) is 13.9. The minimum Gasteiger partial charge on any atom is -0.379 e. The lowest BCUT2D eigenvalue weighted by Gasteiger charge is -2.41. The van der Waals surface area contributed by atoms with Crippen LogP contribution in [0.15, 0.2) is 0 Å². The van der Waals surface area contributed by atoms with Crippen LogP contribution in [0.5, 0.6) is 0 Å². The third-order valence-electron chi connectivity index (χ3n) is 3.59. The Hall–Kier alpha value is -0.120. The lowest BCUT2D eigenvalue weighted by molar-refractivity contribution is 0.0488. The van der Waals surface area contributed by atoms with Gasteiger partial charge < -0.3 is 4.74 Å². The highest BCUT2D eigenvalue weighted by Crippen LogP contribution is 2.31. The first-order chi connectivity index (χ1) is 7.40. The molecule has 1 radical (unpaired) electrons. The van der Waals surface area contributed by atoms with Crippen molar-refractivity contribution in [2.45, 2.75) is 64.1 Å². The quantitative estimate of drug-likeness (QED) is 0.592. The molecule has 2 N–H and O–H groups in total. The predicted octanol–water partition coefficient (Wildman–Crippen LogP) is 2.19. The Balaban J connectivity index is 2.73. The molecule has 1 aliphatic carbocycles. The number of rotatable bonds is 4. The van der Waals surface area contributed by atoms with Gasteiger partial charge in [-0.25, -0.2) is 0 Å². The van der Waals surface area contributed by atoms with E-state index in [-0.39, 0.29) is 11.2 Å². The van der Waals surface area contributed by atoms with Crippen molar-refractivity contribution in [3.8, 4) is 0 Å². The van der Waals surface area contributed by atoms with Crippen LogP contribution >= 0.6 is 0 Å². The van der Waals surface area contributed by atoms with Gasteiger partial charge in [0.1, 0.15) is 18.7 Å². The highest BCUT2D eigenvalue weighted by molar-refractivity contribution is 4.98. The summed E-state index contributed by atoms with van der Waals surface area (Å²) in [6.07, 6.45) is 6.09. The maximum atomic E-state index is 6.60. The van der Waals surface area contributed by atoms with Crippen LogP contribution in [0.1, 0.15) is 52.9 Å². The monoisotopic (exact) mass is 228 g/mol. The second-order valence-corrected chi connectivity index (χ2v) is 5.98. The Morgan fingerprint density at radius 1 is 1.19 bits per heavy atom. The van der Waals surface area contributed by atoms with Gasteiger partial charge in [0, 0.05) is 20.0 Å². The molecule has 1 rings (SSSR count). The largest absolute Gasteiger partial charge is 0.379 e. The minimum absolute atomic E-state index is 0.116. The van der Waals surface area contributed by atoms with Crippen molar-refractivity contribution in [2.24, 2.45) is 5.73 Å². The van der Waals surface area contributed by atoms with Crippen molar-refractivity contribution >= 4 is 0 Å². The molecule has 0 aliphatic heterocycles. The molecule has 1 fully saturated rings. The highest BCUT2D eigenvalue weighted by Gasteiger charge is 2.48. The van der Waals surface area contributed by atoms with Gasteiger partial charge in [-0.15, -0.1) is 4.90 Å². The maximum absolute atomic E-state index is 6.60. The Labute approximate surface area is 100 Å². The number of hydrogen-bond acceptors (Lipinski definition) is 3. The number of nitrogens with zero attached hydrogens (tertiary/aromatic N) is 1. The Bertz CT molecular complexity index is 204. The van der Waals surface area contributed by atoms with Crippen molar-refractivity contribution in [2.75, 3.05) is 20.3 Å². The maximum Gasteiger partial charge on any atom is 0.194 e. The zero-order valence-corrected chi connectivity index (χ0v) is 11.4. The number of ether oxygens (including phenoxy) is 1. The van der Waals surface area contributed by atoms with Crippen LogP contribution in [0.25, 0.3) is 0 Å². The molecule has 0 aromatic carbocycles. The normalized spacial score (nSPS) is 21.4. The lowest BCUT2D eigenvalue weighted by Crippen LogP contribution is -2.68. The summed E-state index contributed by atoms with van der Waals surface area (Å²) < 4.78 is 5.21. The second kappa shape index (κ2) is 5.48. The topological polar surface area (TPSA) is 41.2 Å². The van der Waals surface area contributed by atoms with Gasteiger partial charge in [-0.2, -0.15) is 0 Å². The van der Waals surface area contributed by atoms with Gasteiger partial charge >= 0.3 is 0 Å². The molecule has 3 nitrogen and oxygen atoms in total. The molecule has 0 aromatic heterocycles. The molecule has 1 aliphatic rings. The number of nitrogens with two attached hydrogens (primary N) is 1. The van der Waals surface area contributed by atoms with E-state index in [4.69, 9.17) is 10.5 Å². The van der Waals surface area contributed by atoms with E-state index in [0.29, 0.717) is 0 Å². The average molecular weight is 228 g/mol. The molecule has 0 bridgehead atoms. The smallest absolute Gasteiger partial charge is 0.194 e. The van der Waals surface area contributed by atoms with Crippen molar-refractivity contribution in [3.05, 3.63) is 0 Å². The number of hydrogen-bond donors (Lipinski definition) is 1. The number of methoxy groups -OCH3 is 1. The summed E-state index contributed by atoms with van der Waals surface area (Å²) in [5.74, 6) is 0. The zero-order chi connectivity index (χ0) is 12.2. The lowest BCUT2D eigenvalue weighted by atomic mass is 9.85. The van der Waals surface area contributed by atoms with E-state index in [1.165, 1.54) is 19.3 Å². The van der Waals surface area contributed by atoms with Crippen LogP contribution in [0.3, 0.4) is 0 Å². The molecule has 1 saturated carbocycles. The van der Waals surface area contributed by atoms with Gasteiger partial charge in [-0.3, -0.25) is 5.73 Å². The standard InChI is InChI=1S/C13H28N2O/c1-12(2,3)15(10-11-16-4)13(14)8-6-5-7-9-13/h5-11,14H2,1-4H3/q+1. The molecule has 3 heteroatoms. The van der Waals surface area contributed by atoms with Crippen LogP contribution in [0.2, 0.25) is 0 Å². The van der Waals surface area contributed by atoms with E-state index in [0.717, 1.165) is 26.0 Å². The minimum atomic E-state index is -0.116. The molecule has 0 heterocycles. The van der Waals surface area contributed by atoms with Gasteiger partial charge in [0.25, 0.3) is 0 Å².